The number of nitrogens with one attached hydrogen (secondary N) is 1. The molecule has 0 radical (unpaired) electrons. The zero-order chi connectivity index (χ0) is 11.9. The van der Waals surface area contributed by atoms with E-state index in [0.717, 1.165) is 0 Å². The number of alkyl halides is 3. The number of rotatable bonds is 7. The molecule has 0 aliphatic rings. The summed E-state index contributed by atoms with van der Waals surface area (Å²) in [7, 11) is 0. The van der Waals surface area contributed by atoms with Gasteiger partial charge in [0.25, 0.3) is 0 Å². The van der Waals surface area contributed by atoms with Gasteiger partial charge < -0.3 is 10.4 Å². The molecule has 0 heterocycles. The SMILES string of the molecule is CC(C)(CCO)CNCCCC(F)(F)F. The van der Waals surface area contributed by atoms with E-state index in [1.165, 1.54) is 0 Å². The normalized spacial score (nSPS) is 13.2. The Morgan fingerprint density at radius 1 is 1.13 bits per heavy atom. The monoisotopic (exact) mass is 227 g/mol. The molecule has 92 valence electrons. The minimum absolute atomic E-state index is 0.0625. The molecule has 0 aromatic rings. The number of aliphatic hydroxyl groups is 1. The Labute approximate surface area is 88.9 Å². The molecule has 0 amide bonds. The van der Waals surface area contributed by atoms with Gasteiger partial charge in [-0.2, -0.15) is 13.2 Å². The summed E-state index contributed by atoms with van der Waals surface area (Å²) in [4.78, 5) is 0. The van der Waals surface area contributed by atoms with Crippen molar-refractivity contribution >= 4 is 0 Å². The van der Waals surface area contributed by atoms with E-state index >= 15 is 0 Å². The van der Waals surface area contributed by atoms with Crippen LogP contribution in [0.3, 0.4) is 0 Å². The number of halogens is 3. The maximum atomic E-state index is 11.8. The minimum Gasteiger partial charge on any atom is -0.396 e. The minimum atomic E-state index is -4.05. The first kappa shape index (κ1) is 14.7. The van der Waals surface area contributed by atoms with Crippen LogP contribution in [-0.2, 0) is 0 Å². The van der Waals surface area contributed by atoms with Crippen molar-refractivity contribution in [3.63, 3.8) is 0 Å². The van der Waals surface area contributed by atoms with Gasteiger partial charge in [-0.15, -0.1) is 0 Å². The molecule has 0 bridgehead atoms. The van der Waals surface area contributed by atoms with Gasteiger partial charge in [0.15, 0.2) is 0 Å². The highest BCUT2D eigenvalue weighted by Gasteiger charge is 2.26. The first-order valence-electron chi connectivity index (χ1n) is 5.15. The van der Waals surface area contributed by atoms with Gasteiger partial charge in [-0.3, -0.25) is 0 Å². The van der Waals surface area contributed by atoms with Crippen molar-refractivity contribution in [3.8, 4) is 0 Å². The third-order valence-electron chi connectivity index (χ3n) is 2.21. The largest absolute Gasteiger partial charge is 0.396 e. The zero-order valence-electron chi connectivity index (χ0n) is 9.32. The van der Waals surface area contributed by atoms with Crippen LogP contribution in [0.1, 0.15) is 33.1 Å². The quantitative estimate of drug-likeness (QED) is 0.654. The molecule has 2 nitrogen and oxygen atoms in total. The second-order valence-corrected chi connectivity index (χ2v) is 4.53. The molecule has 0 unspecified atom stereocenters. The fourth-order valence-corrected chi connectivity index (χ4v) is 1.23. The van der Waals surface area contributed by atoms with Gasteiger partial charge in [-0.1, -0.05) is 13.8 Å². The van der Waals surface area contributed by atoms with Gasteiger partial charge in [0, 0.05) is 19.6 Å². The van der Waals surface area contributed by atoms with Gasteiger partial charge in [0.2, 0.25) is 0 Å². The molecule has 0 aliphatic heterocycles. The lowest BCUT2D eigenvalue weighted by Crippen LogP contribution is -2.31. The Balaban J connectivity index is 3.46. The van der Waals surface area contributed by atoms with E-state index in [9.17, 15) is 13.2 Å². The molecular formula is C10H20F3NO. The molecule has 0 saturated heterocycles. The highest BCUT2D eigenvalue weighted by molar-refractivity contribution is 4.71. The molecule has 0 rings (SSSR count). The van der Waals surface area contributed by atoms with Gasteiger partial charge in [0.05, 0.1) is 0 Å². The van der Waals surface area contributed by atoms with Crippen LogP contribution in [0.25, 0.3) is 0 Å². The first-order valence-corrected chi connectivity index (χ1v) is 5.15. The summed E-state index contributed by atoms with van der Waals surface area (Å²) < 4.78 is 35.3. The third kappa shape index (κ3) is 10.0. The zero-order valence-corrected chi connectivity index (χ0v) is 9.32. The lowest BCUT2D eigenvalue weighted by Gasteiger charge is -2.23. The van der Waals surface area contributed by atoms with Crippen LogP contribution in [0, 0.1) is 5.41 Å². The van der Waals surface area contributed by atoms with E-state index in [1.54, 1.807) is 0 Å². The van der Waals surface area contributed by atoms with Crippen molar-refractivity contribution in [2.45, 2.75) is 39.3 Å². The highest BCUT2D eigenvalue weighted by Crippen LogP contribution is 2.21. The van der Waals surface area contributed by atoms with Crippen molar-refractivity contribution in [1.29, 1.82) is 0 Å². The maximum absolute atomic E-state index is 11.8. The number of aliphatic hydroxyl groups excluding tert-OH is 1. The van der Waals surface area contributed by atoms with Crippen molar-refractivity contribution in [3.05, 3.63) is 0 Å². The average molecular weight is 227 g/mol. The summed E-state index contributed by atoms with van der Waals surface area (Å²) in [6.45, 7) is 5.05. The fourth-order valence-electron chi connectivity index (χ4n) is 1.23. The van der Waals surface area contributed by atoms with Crippen LogP contribution < -0.4 is 5.32 Å². The molecule has 5 heteroatoms. The van der Waals surface area contributed by atoms with Crippen LogP contribution in [0.15, 0.2) is 0 Å². The van der Waals surface area contributed by atoms with E-state index in [0.29, 0.717) is 19.5 Å². The first-order chi connectivity index (χ1) is 6.77. The van der Waals surface area contributed by atoms with E-state index < -0.39 is 12.6 Å². The van der Waals surface area contributed by atoms with Gasteiger partial charge in [0.1, 0.15) is 0 Å². The van der Waals surface area contributed by atoms with Crippen molar-refractivity contribution in [2.24, 2.45) is 5.41 Å². The molecule has 0 atom stereocenters. The predicted molar refractivity (Wildman–Crippen MR) is 53.6 cm³/mol. The Morgan fingerprint density at radius 2 is 1.73 bits per heavy atom. The second kappa shape index (κ2) is 6.33. The molecule has 0 aliphatic carbocycles. The number of hydrogen-bond acceptors (Lipinski definition) is 2. The van der Waals surface area contributed by atoms with Crippen molar-refractivity contribution in [1.82, 2.24) is 5.32 Å². The van der Waals surface area contributed by atoms with Gasteiger partial charge in [-0.25, -0.2) is 0 Å². The van der Waals surface area contributed by atoms with Gasteiger partial charge in [-0.05, 0) is 24.8 Å². The van der Waals surface area contributed by atoms with Crippen molar-refractivity contribution < 1.29 is 18.3 Å². The molecule has 0 saturated carbocycles. The maximum Gasteiger partial charge on any atom is 0.389 e. The second-order valence-electron chi connectivity index (χ2n) is 4.53. The molecular weight excluding hydrogens is 207 g/mol. The summed E-state index contributed by atoms with van der Waals surface area (Å²) in [6, 6.07) is 0. The van der Waals surface area contributed by atoms with E-state index in [1.807, 2.05) is 13.8 Å². The lowest BCUT2D eigenvalue weighted by molar-refractivity contribution is -0.135. The molecule has 0 spiro atoms. The number of hydrogen-bond donors (Lipinski definition) is 2. The molecule has 0 aromatic carbocycles. The molecule has 0 aromatic heterocycles. The van der Waals surface area contributed by atoms with Gasteiger partial charge >= 0.3 is 6.18 Å². The molecule has 0 fully saturated rings. The standard InChI is InChI=1S/C10H20F3NO/c1-9(2,5-7-15)8-14-6-3-4-10(11,12)13/h14-15H,3-8H2,1-2H3. The Hall–Kier alpha value is -0.290. The van der Waals surface area contributed by atoms with Crippen LogP contribution in [-0.4, -0.2) is 31.0 Å². The highest BCUT2D eigenvalue weighted by atomic mass is 19.4. The van der Waals surface area contributed by atoms with Crippen LogP contribution in [0.4, 0.5) is 13.2 Å². The smallest absolute Gasteiger partial charge is 0.389 e. The Bertz CT molecular complexity index is 169. The summed E-state index contributed by atoms with van der Waals surface area (Å²) in [5, 5.41) is 11.7. The van der Waals surface area contributed by atoms with Crippen LogP contribution in [0.5, 0.6) is 0 Å². The van der Waals surface area contributed by atoms with E-state index in [2.05, 4.69) is 5.32 Å². The topological polar surface area (TPSA) is 32.3 Å². The molecule has 15 heavy (non-hydrogen) atoms. The van der Waals surface area contributed by atoms with Crippen LogP contribution >= 0.6 is 0 Å². The molecule has 2 N–H and O–H groups in total. The fraction of sp³-hybridized carbons (Fsp3) is 1.00. The summed E-state index contributed by atoms with van der Waals surface area (Å²) in [6.07, 6.45) is -4.03. The summed E-state index contributed by atoms with van der Waals surface area (Å²) in [5.74, 6) is 0. The predicted octanol–water partition coefficient (Wildman–Crippen LogP) is 2.33. The van der Waals surface area contributed by atoms with E-state index in [-0.39, 0.29) is 18.4 Å². The third-order valence-corrected chi connectivity index (χ3v) is 2.21. The van der Waals surface area contributed by atoms with Crippen molar-refractivity contribution in [2.75, 3.05) is 19.7 Å². The Kier molecular flexibility index (Phi) is 6.20. The Morgan fingerprint density at radius 3 is 2.20 bits per heavy atom. The summed E-state index contributed by atoms with van der Waals surface area (Å²) in [5.41, 5.74) is -0.0625. The van der Waals surface area contributed by atoms with E-state index in [4.69, 9.17) is 5.11 Å². The average Bonchev–Trinajstić information content (AvgIpc) is 2.00. The summed E-state index contributed by atoms with van der Waals surface area (Å²) >= 11 is 0. The lowest BCUT2D eigenvalue weighted by atomic mass is 9.90. The van der Waals surface area contributed by atoms with Crippen LogP contribution in [0.2, 0.25) is 0 Å².